The summed E-state index contributed by atoms with van der Waals surface area (Å²) < 4.78 is 16.0. The Bertz CT molecular complexity index is 1380. The largest absolute Gasteiger partial charge is 0.418 e. The van der Waals surface area contributed by atoms with Crippen molar-refractivity contribution in [1.82, 2.24) is 5.32 Å². The van der Waals surface area contributed by atoms with Gasteiger partial charge in [0.05, 0.1) is 38.5 Å². The van der Waals surface area contributed by atoms with Gasteiger partial charge in [-0.05, 0) is 56.2 Å². The maximum atomic E-state index is 13.6. The van der Waals surface area contributed by atoms with Crippen molar-refractivity contribution in [2.24, 2.45) is 4.99 Å². The molecule has 1 atom stereocenters. The molecule has 0 heterocycles. The van der Waals surface area contributed by atoms with Crippen molar-refractivity contribution in [1.29, 1.82) is 0 Å². The number of ketones is 1. The number of halogens is 1. The van der Waals surface area contributed by atoms with E-state index in [1.54, 1.807) is 25.3 Å². The van der Waals surface area contributed by atoms with Crippen LogP contribution < -0.4 is 15.5 Å². The number of fused-ring (bicyclic) bond motifs is 1. The summed E-state index contributed by atoms with van der Waals surface area (Å²) in [5.74, 6) is -1.00. The number of nitrogens with one attached hydrogen (secondary N) is 2. The van der Waals surface area contributed by atoms with Gasteiger partial charge in [0.15, 0.2) is 5.78 Å². The number of allylic oxidation sites excluding steroid dienone is 1. The molecule has 0 aromatic heterocycles. The van der Waals surface area contributed by atoms with Gasteiger partial charge >= 0.3 is 6.09 Å². The second kappa shape index (κ2) is 18.1. The minimum Gasteiger partial charge on any atom is -0.418 e. The molecule has 0 aliphatic heterocycles. The molecule has 2 amide bonds. The molecule has 11 nitrogen and oxygen atoms in total. The molecule has 0 saturated carbocycles. The van der Waals surface area contributed by atoms with Crippen LogP contribution in [0.2, 0.25) is 0 Å². The fraction of sp³-hybridized carbons (Fsp3) is 0.419. The Morgan fingerprint density at radius 2 is 2.00 bits per heavy atom. The quantitative estimate of drug-likeness (QED) is 0.0632. The number of likely N-dealkylation sites (N-methyl/N-ethyl adjacent to an activating group) is 1. The number of methoxy groups -OCH3 is 1. The van der Waals surface area contributed by atoms with E-state index >= 15 is 0 Å². The third-order valence-corrected chi connectivity index (χ3v) is 7.74. The zero-order chi connectivity index (χ0) is 32.1. The van der Waals surface area contributed by atoms with Gasteiger partial charge in [0.25, 0.3) is 5.91 Å². The molecule has 3 N–H and O–H groups in total. The first-order valence-electron chi connectivity index (χ1n) is 14.4. The third kappa shape index (κ3) is 9.51. The number of aryl methyl sites for hydroxylation is 1. The molecule has 0 saturated heterocycles. The first-order valence-corrected chi connectivity index (χ1v) is 17.7. The molecule has 2 aromatic carbocycles. The summed E-state index contributed by atoms with van der Waals surface area (Å²) in [6.45, 7) is 7.94. The van der Waals surface area contributed by atoms with Gasteiger partial charge in [0.2, 0.25) is 6.29 Å². The predicted molar refractivity (Wildman–Crippen MR) is 182 cm³/mol. The highest BCUT2D eigenvalue weighted by Crippen LogP contribution is 2.32. The van der Waals surface area contributed by atoms with E-state index in [9.17, 15) is 19.5 Å². The van der Waals surface area contributed by atoms with Crippen molar-refractivity contribution in [3.05, 3.63) is 64.7 Å². The summed E-state index contributed by atoms with van der Waals surface area (Å²) in [6, 6.07) is 10.6. The Labute approximate surface area is 274 Å². The standard InChI is InChI=1S/C31H39IN4O7S/c1-5-9-27(43-44-32)42-31(40)35-25-11-7-10-22-28(25)26(19-23(29(22)38)30(39)33-14-8-17-41-4)34-24-13-12-21(18-20(24)3)36(6-2)15-16-37/h7,10-13,18-19,27,37H,5-6,8-9,14-17H2,1-4H3,(H,33,39)(H,35,40). The zero-order valence-corrected chi connectivity index (χ0v) is 28.3. The monoisotopic (exact) mass is 738 g/mol. The van der Waals surface area contributed by atoms with E-state index in [0.717, 1.165) is 33.4 Å². The van der Waals surface area contributed by atoms with Crippen LogP contribution in [0.15, 0.2) is 53.0 Å². The van der Waals surface area contributed by atoms with Gasteiger partial charge < -0.3 is 24.8 Å². The van der Waals surface area contributed by atoms with Crippen molar-refractivity contribution < 1.29 is 33.1 Å². The first kappa shape index (κ1) is 35.5. The molecular formula is C31H39IN4O7S. The van der Waals surface area contributed by atoms with E-state index in [1.165, 1.54) is 6.08 Å². The van der Waals surface area contributed by atoms with Crippen LogP contribution in [0.1, 0.15) is 54.6 Å². The smallest absolute Gasteiger partial charge is 0.413 e. The van der Waals surface area contributed by atoms with Gasteiger partial charge in [-0.25, -0.2) is 9.79 Å². The predicted octanol–water partition coefficient (Wildman–Crippen LogP) is 5.90. The van der Waals surface area contributed by atoms with Crippen molar-refractivity contribution in [2.45, 2.75) is 46.3 Å². The van der Waals surface area contributed by atoms with Crippen LogP contribution in [-0.4, -0.2) is 74.8 Å². The number of rotatable bonds is 16. The number of Topliss-reactive ketones (excluding diaryl/α,β-unsaturated/α-hetero) is 1. The van der Waals surface area contributed by atoms with Crippen LogP contribution >= 0.6 is 30.4 Å². The number of nitrogens with zero attached hydrogens (tertiary/aromatic N) is 2. The average Bonchev–Trinajstić information content (AvgIpc) is 3.00. The normalized spacial score (nSPS) is 14.1. The van der Waals surface area contributed by atoms with Crippen molar-refractivity contribution in [3.63, 3.8) is 0 Å². The van der Waals surface area contributed by atoms with Crippen LogP contribution in [0.5, 0.6) is 0 Å². The van der Waals surface area contributed by atoms with Crippen LogP contribution in [-0.2, 0) is 18.5 Å². The number of ether oxygens (including phenoxy) is 2. The highest BCUT2D eigenvalue weighted by atomic mass is 127. The van der Waals surface area contributed by atoms with Gasteiger partial charge in [-0.15, -0.1) is 0 Å². The minimum atomic E-state index is -0.751. The lowest BCUT2D eigenvalue weighted by Gasteiger charge is -2.23. The maximum Gasteiger partial charge on any atom is 0.413 e. The number of aliphatic imine (C=N–C) groups is 1. The average molecular weight is 739 g/mol. The Hall–Kier alpha value is -2.98. The third-order valence-electron chi connectivity index (χ3n) is 6.83. The lowest BCUT2D eigenvalue weighted by atomic mass is 9.87. The minimum absolute atomic E-state index is 0.0310. The molecule has 1 aliphatic carbocycles. The lowest BCUT2D eigenvalue weighted by molar-refractivity contribution is -0.117. The van der Waals surface area contributed by atoms with Crippen LogP contribution in [0.4, 0.5) is 21.9 Å². The number of hydrogen-bond acceptors (Lipinski definition) is 10. The summed E-state index contributed by atoms with van der Waals surface area (Å²) >= 11 is 1.96. The molecule has 0 fully saturated rings. The van der Waals surface area contributed by atoms with E-state index in [-0.39, 0.29) is 17.7 Å². The van der Waals surface area contributed by atoms with Gasteiger partial charge in [0.1, 0.15) is 0 Å². The van der Waals surface area contributed by atoms with E-state index in [2.05, 4.69) is 10.6 Å². The number of aliphatic hydroxyl groups excluding tert-OH is 1. The van der Waals surface area contributed by atoms with Gasteiger partial charge in [-0.2, -0.15) is 0 Å². The highest BCUT2D eigenvalue weighted by Gasteiger charge is 2.31. The molecule has 1 aliphatic rings. The summed E-state index contributed by atoms with van der Waals surface area (Å²) in [6.07, 6.45) is 1.81. The number of carbonyl (C=O) groups is 3. The van der Waals surface area contributed by atoms with E-state index < -0.39 is 24.1 Å². The molecule has 44 heavy (non-hydrogen) atoms. The van der Waals surface area contributed by atoms with E-state index in [4.69, 9.17) is 18.6 Å². The Morgan fingerprint density at radius 1 is 1.20 bits per heavy atom. The van der Waals surface area contributed by atoms with Crippen LogP contribution in [0, 0.1) is 6.92 Å². The lowest BCUT2D eigenvalue weighted by Crippen LogP contribution is -2.33. The molecule has 2 aromatic rings. The molecule has 0 bridgehead atoms. The SMILES string of the molecule is CCCC(OSI)OC(=O)Nc1cccc2c1C(=Nc1ccc(N(CC)CCO)cc1C)C=C(C(=O)NCCCOC)C2=O. The Kier molecular flexibility index (Phi) is 14.6. The molecule has 0 spiro atoms. The Balaban J connectivity index is 2.06. The molecule has 13 heteroatoms. The summed E-state index contributed by atoms with van der Waals surface area (Å²) in [4.78, 5) is 46.6. The van der Waals surface area contributed by atoms with Crippen molar-refractivity contribution >= 4 is 71.0 Å². The topological polar surface area (TPSA) is 139 Å². The molecular weight excluding hydrogens is 699 g/mol. The molecule has 3 rings (SSSR count). The maximum absolute atomic E-state index is 13.6. The number of aliphatic hydroxyl groups is 1. The molecule has 1 unspecified atom stereocenters. The number of amides is 2. The fourth-order valence-corrected chi connectivity index (χ4v) is 5.57. The summed E-state index contributed by atoms with van der Waals surface area (Å²) in [5.41, 5.74) is 3.59. The fourth-order valence-electron chi connectivity index (χ4n) is 4.66. The number of anilines is 2. The van der Waals surface area contributed by atoms with Gasteiger partial charge in [-0.1, -0.05) is 25.5 Å². The number of carbonyl (C=O) groups excluding carboxylic acids is 3. The van der Waals surface area contributed by atoms with Crippen LogP contribution in [0.25, 0.3) is 0 Å². The van der Waals surface area contributed by atoms with Gasteiger partial charge in [-0.3, -0.25) is 19.1 Å². The van der Waals surface area contributed by atoms with Crippen LogP contribution in [0.3, 0.4) is 0 Å². The second-order valence-corrected chi connectivity index (χ2v) is 11.3. The summed E-state index contributed by atoms with van der Waals surface area (Å²) in [7, 11) is 2.65. The zero-order valence-electron chi connectivity index (χ0n) is 25.4. The van der Waals surface area contributed by atoms with Gasteiger partial charge in [0, 0.05) is 77.8 Å². The van der Waals surface area contributed by atoms with E-state index in [0.29, 0.717) is 55.2 Å². The number of hydrogen-bond donors (Lipinski definition) is 3. The highest BCUT2D eigenvalue weighted by molar-refractivity contribution is 14.2. The van der Waals surface area contributed by atoms with E-state index in [1.807, 2.05) is 65.1 Å². The molecule has 238 valence electrons. The summed E-state index contributed by atoms with van der Waals surface area (Å²) in [5, 5.41) is 15.0. The first-order chi connectivity index (χ1) is 21.3. The second-order valence-electron chi connectivity index (χ2n) is 9.90. The Morgan fingerprint density at radius 3 is 2.66 bits per heavy atom. The van der Waals surface area contributed by atoms with Crippen molar-refractivity contribution in [2.75, 3.05) is 50.2 Å². The molecule has 0 radical (unpaired) electrons. The number of benzene rings is 2. The van der Waals surface area contributed by atoms with Crippen molar-refractivity contribution in [3.8, 4) is 0 Å².